The summed E-state index contributed by atoms with van der Waals surface area (Å²) < 4.78 is 0. The minimum atomic E-state index is -0.456. The Morgan fingerprint density at radius 3 is 2.18 bits per heavy atom. The second-order valence-electron chi connectivity index (χ2n) is 5.94. The van der Waals surface area contributed by atoms with Crippen LogP contribution in [0.15, 0.2) is 0 Å². The van der Waals surface area contributed by atoms with E-state index in [1.165, 1.54) is 12.8 Å². The van der Waals surface area contributed by atoms with Crippen molar-refractivity contribution in [3.63, 3.8) is 0 Å². The van der Waals surface area contributed by atoms with Crippen LogP contribution in [-0.2, 0) is 9.59 Å². The van der Waals surface area contributed by atoms with Crippen molar-refractivity contribution in [3.05, 3.63) is 0 Å². The van der Waals surface area contributed by atoms with E-state index < -0.39 is 11.5 Å². The Morgan fingerprint density at radius 2 is 1.71 bits per heavy atom. The summed E-state index contributed by atoms with van der Waals surface area (Å²) in [5.41, 5.74) is -0.456. The molecule has 1 fully saturated rings. The molecule has 98 valence electrons. The average Bonchev–Trinajstić information content (AvgIpc) is 2.68. The molecule has 2 N–H and O–H groups in total. The molecule has 0 heterocycles. The summed E-state index contributed by atoms with van der Waals surface area (Å²) in [5, 5.41) is 5.72. The molecule has 0 radical (unpaired) electrons. The molecule has 0 bridgehead atoms. The Hall–Kier alpha value is -1.06. The summed E-state index contributed by atoms with van der Waals surface area (Å²) in [4.78, 5) is 23.6. The van der Waals surface area contributed by atoms with Gasteiger partial charge in [-0.25, -0.2) is 0 Å². The first-order chi connectivity index (χ1) is 7.80. The molecule has 1 aliphatic carbocycles. The summed E-state index contributed by atoms with van der Waals surface area (Å²) in [6, 6.07) is -0.154. The zero-order valence-corrected chi connectivity index (χ0v) is 11.3. The van der Waals surface area contributed by atoms with Gasteiger partial charge in [0.25, 0.3) is 0 Å². The van der Waals surface area contributed by atoms with E-state index in [0.29, 0.717) is 6.04 Å². The lowest BCUT2D eigenvalue weighted by molar-refractivity contribution is -0.133. The molecule has 0 aromatic rings. The van der Waals surface area contributed by atoms with Gasteiger partial charge in [-0.2, -0.15) is 0 Å². The average molecular weight is 240 g/mol. The molecule has 17 heavy (non-hydrogen) atoms. The van der Waals surface area contributed by atoms with Crippen LogP contribution in [0.5, 0.6) is 0 Å². The molecule has 0 aliphatic heterocycles. The highest BCUT2D eigenvalue weighted by atomic mass is 16.2. The van der Waals surface area contributed by atoms with E-state index in [1.807, 2.05) is 20.8 Å². The van der Waals surface area contributed by atoms with Crippen LogP contribution in [0.1, 0.15) is 53.4 Å². The SMILES string of the molecule is C[C@H](NC(=O)C(C)(C)C)C(=O)NC1CCCC1. The van der Waals surface area contributed by atoms with E-state index in [4.69, 9.17) is 0 Å². The van der Waals surface area contributed by atoms with E-state index in [0.717, 1.165) is 12.8 Å². The van der Waals surface area contributed by atoms with Gasteiger partial charge in [0.2, 0.25) is 11.8 Å². The maximum Gasteiger partial charge on any atom is 0.242 e. The molecule has 0 unspecified atom stereocenters. The topological polar surface area (TPSA) is 58.2 Å². The Labute approximate surface area is 104 Å². The van der Waals surface area contributed by atoms with Crippen LogP contribution in [0.4, 0.5) is 0 Å². The van der Waals surface area contributed by atoms with Crippen molar-refractivity contribution in [2.75, 3.05) is 0 Å². The standard InChI is InChI=1S/C13H24N2O2/c1-9(14-12(17)13(2,3)4)11(16)15-10-7-5-6-8-10/h9-10H,5-8H2,1-4H3,(H,14,17)(H,15,16)/t9-/m0/s1. The summed E-state index contributed by atoms with van der Waals surface area (Å²) in [6.45, 7) is 7.24. The number of carbonyl (C=O) groups is 2. The normalized spacial score (nSPS) is 18.8. The van der Waals surface area contributed by atoms with E-state index in [-0.39, 0.29) is 11.8 Å². The Morgan fingerprint density at radius 1 is 1.18 bits per heavy atom. The van der Waals surface area contributed by atoms with Crippen molar-refractivity contribution in [2.24, 2.45) is 5.41 Å². The van der Waals surface area contributed by atoms with Crippen molar-refractivity contribution < 1.29 is 9.59 Å². The second-order valence-corrected chi connectivity index (χ2v) is 5.94. The highest BCUT2D eigenvalue weighted by Crippen LogP contribution is 2.17. The minimum absolute atomic E-state index is 0.0745. The van der Waals surface area contributed by atoms with Crippen LogP contribution in [0, 0.1) is 5.41 Å². The van der Waals surface area contributed by atoms with Gasteiger partial charge in [-0.05, 0) is 19.8 Å². The smallest absolute Gasteiger partial charge is 0.242 e. The van der Waals surface area contributed by atoms with Gasteiger partial charge in [-0.3, -0.25) is 9.59 Å². The summed E-state index contributed by atoms with van der Waals surface area (Å²) >= 11 is 0. The first kappa shape index (κ1) is 14.0. The molecule has 0 spiro atoms. The third-order valence-corrected chi connectivity index (χ3v) is 3.12. The predicted molar refractivity (Wildman–Crippen MR) is 67.5 cm³/mol. The Bertz CT molecular complexity index is 288. The molecule has 0 aromatic carbocycles. The maximum absolute atomic E-state index is 11.8. The molecule has 0 saturated heterocycles. The molecule has 4 heteroatoms. The third-order valence-electron chi connectivity index (χ3n) is 3.12. The number of amides is 2. The quantitative estimate of drug-likeness (QED) is 0.787. The lowest BCUT2D eigenvalue weighted by Crippen LogP contribution is -2.50. The highest BCUT2D eigenvalue weighted by molar-refractivity contribution is 5.89. The zero-order valence-electron chi connectivity index (χ0n) is 11.3. The van der Waals surface area contributed by atoms with E-state index in [1.54, 1.807) is 6.92 Å². The van der Waals surface area contributed by atoms with Crippen LogP contribution < -0.4 is 10.6 Å². The number of hydrogen-bond acceptors (Lipinski definition) is 2. The van der Waals surface area contributed by atoms with Crippen molar-refractivity contribution in [2.45, 2.75) is 65.5 Å². The van der Waals surface area contributed by atoms with Gasteiger partial charge in [0.1, 0.15) is 6.04 Å². The van der Waals surface area contributed by atoms with Crippen LogP contribution in [0.25, 0.3) is 0 Å². The Kier molecular flexibility index (Phi) is 4.54. The largest absolute Gasteiger partial charge is 0.352 e. The molecule has 4 nitrogen and oxygen atoms in total. The van der Waals surface area contributed by atoms with Gasteiger partial charge >= 0.3 is 0 Å². The van der Waals surface area contributed by atoms with Crippen molar-refractivity contribution in [3.8, 4) is 0 Å². The van der Waals surface area contributed by atoms with Crippen LogP contribution >= 0.6 is 0 Å². The van der Waals surface area contributed by atoms with Crippen molar-refractivity contribution in [1.29, 1.82) is 0 Å². The first-order valence-electron chi connectivity index (χ1n) is 6.42. The number of rotatable bonds is 3. The molecule has 1 atom stereocenters. The molecule has 0 aromatic heterocycles. The van der Waals surface area contributed by atoms with Crippen LogP contribution in [0.2, 0.25) is 0 Å². The van der Waals surface area contributed by atoms with Crippen LogP contribution in [0.3, 0.4) is 0 Å². The van der Waals surface area contributed by atoms with Gasteiger partial charge in [-0.1, -0.05) is 33.6 Å². The predicted octanol–water partition coefficient (Wildman–Crippen LogP) is 1.60. The molecule has 1 saturated carbocycles. The van der Waals surface area contributed by atoms with Gasteiger partial charge in [0.15, 0.2) is 0 Å². The maximum atomic E-state index is 11.8. The monoisotopic (exact) mass is 240 g/mol. The lowest BCUT2D eigenvalue weighted by atomic mass is 9.95. The van der Waals surface area contributed by atoms with Crippen LogP contribution in [-0.4, -0.2) is 23.9 Å². The summed E-state index contributed by atoms with van der Waals surface area (Å²) in [7, 11) is 0. The fourth-order valence-corrected chi connectivity index (χ4v) is 1.88. The summed E-state index contributed by atoms with van der Waals surface area (Å²) in [5.74, 6) is -0.166. The summed E-state index contributed by atoms with van der Waals surface area (Å²) in [6.07, 6.45) is 4.50. The number of hydrogen-bond donors (Lipinski definition) is 2. The fraction of sp³-hybridized carbons (Fsp3) is 0.846. The second kappa shape index (κ2) is 5.52. The number of nitrogens with one attached hydrogen (secondary N) is 2. The van der Waals surface area contributed by atoms with Gasteiger partial charge < -0.3 is 10.6 Å². The van der Waals surface area contributed by atoms with Crippen molar-refractivity contribution >= 4 is 11.8 Å². The lowest BCUT2D eigenvalue weighted by Gasteiger charge is -2.22. The van der Waals surface area contributed by atoms with E-state index in [9.17, 15) is 9.59 Å². The molecule has 2 amide bonds. The molecular weight excluding hydrogens is 216 g/mol. The molecule has 1 aliphatic rings. The fourth-order valence-electron chi connectivity index (χ4n) is 1.88. The molecule has 1 rings (SSSR count). The minimum Gasteiger partial charge on any atom is -0.352 e. The van der Waals surface area contributed by atoms with Gasteiger partial charge in [0.05, 0.1) is 0 Å². The zero-order chi connectivity index (χ0) is 13.1. The van der Waals surface area contributed by atoms with E-state index >= 15 is 0 Å². The molecular formula is C13H24N2O2. The first-order valence-corrected chi connectivity index (χ1v) is 6.42. The third kappa shape index (κ3) is 4.36. The van der Waals surface area contributed by atoms with Gasteiger partial charge in [0, 0.05) is 11.5 Å². The number of carbonyl (C=O) groups excluding carboxylic acids is 2. The highest BCUT2D eigenvalue weighted by Gasteiger charge is 2.26. The van der Waals surface area contributed by atoms with Gasteiger partial charge in [-0.15, -0.1) is 0 Å². The Balaban J connectivity index is 2.38. The van der Waals surface area contributed by atoms with E-state index in [2.05, 4.69) is 10.6 Å². The van der Waals surface area contributed by atoms with Crippen molar-refractivity contribution in [1.82, 2.24) is 10.6 Å².